The predicted octanol–water partition coefficient (Wildman–Crippen LogP) is 3.74. The van der Waals surface area contributed by atoms with Crippen molar-refractivity contribution in [1.82, 2.24) is 4.57 Å². The van der Waals surface area contributed by atoms with Crippen molar-refractivity contribution in [2.75, 3.05) is 6.61 Å². The largest absolute Gasteiger partial charge is 0.507 e. The van der Waals surface area contributed by atoms with Crippen molar-refractivity contribution in [2.45, 2.75) is 13.8 Å². The molecule has 0 bridgehead atoms. The number of aryl methyl sites for hydroxylation is 2. The molecule has 0 aliphatic heterocycles. The van der Waals surface area contributed by atoms with Gasteiger partial charge >= 0.3 is 5.97 Å². The molecule has 0 radical (unpaired) electrons. The first-order valence-electron chi connectivity index (χ1n) is 7.73. The summed E-state index contributed by atoms with van der Waals surface area (Å²) >= 11 is 0. The van der Waals surface area contributed by atoms with Gasteiger partial charge < -0.3 is 19.5 Å². The van der Waals surface area contributed by atoms with Gasteiger partial charge in [-0.2, -0.15) is 0 Å². The number of aromatic hydroxyl groups is 2. The van der Waals surface area contributed by atoms with E-state index in [2.05, 4.69) is 0 Å². The fourth-order valence-electron chi connectivity index (χ4n) is 3.08. The van der Waals surface area contributed by atoms with Crippen molar-refractivity contribution >= 4 is 16.9 Å². The lowest BCUT2D eigenvalue weighted by Gasteiger charge is -2.08. The van der Waals surface area contributed by atoms with Gasteiger partial charge in [0.05, 0.1) is 28.8 Å². The highest BCUT2D eigenvalue weighted by Gasteiger charge is 2.28. The smallest absolute Gasteiger partial charge is 0.341 e. The number of hydrogen-bond donors (Lipinski definition) is 2. The molecular weight excluding hydrogens is 306 g/mol. The number of phenolic OH excluding ortho intramolecular Hbond substituents is 2. The van der Waals surface area contributed by atoms with Crippen LogP contribution in [0.1, 0.15) is 22.8 Å². The fraction of sp³-hybridized carbons (Fsp3) is 0.211. The molecule has 0 unspecified atom stereocenters. The van der Waals surface area contributed by atoms with Gasteiger partial charge in [0.2, 0.25) is 0 Å². The highest BCUT2D eigenvalue weighted by Crippen LogP contribution is 2.43. The average Bonchev–Trinajstić information content (AvgIpc) is 2.88. The molecule has 124 valence electrons. The van der Waals surface area contributed by atoms with E-state index >= 15 is 0 Å². The normalized spacial score (nSPS) is 11.0. The van der Waals surface area contributed by atoms with Crippen LogP contribution in [-0.2, 0) is 11.8 Å². The second-order valence-corrected chi connectivity index (χ2v) is 5.65. The highest BCUT2D eigenvalue weighted by atomic mass is 16.5. The van der Waals surface area contributed by atoms with E-state index in [1.165, 1.54) is 6.07 Å². The maximum Gasteiger partial charge on any atom is 0.341 e. The van der Waals surface area contributed by atoms with Crippen molar-refractivity contribution in [1.29, 1.82) is 0 Å². The molecule has 0 fully saturated rings. The van der Waals surface area contributed by atoms with E-state index < -0.39 is 5.97 Å². The Morgan fingerprint density at radius 1 is 1.21 bits per heavy atom. The summed E-state index contributed by atoms with van der Waals surface area (Å²) in [6.07, 6.45) is 0. The zero-order valence-electron chi connectivity index (χ0n) is 13.8. The summed E-state index contributed by atoms with van der Waals surface area (Å²) in [4.78, 5) is 12.6. The van der Waals surface area contributed by atoms with Gasteiger partial charge in [-0.25, -0.2) is 4.79 Å². The molecule has 0 spiro atoms. The Kier molecular flexibility index (Phi) is 3.93. The van der Waals surface area contributed by atoms with Gasteiger partial charge in [0.1, 0.15) is 11.5 Å². The van der Waals surface area contributed by atoms with E-state index in [9.17, 15) is 15.0 Å². The summed E-state index contributed by atoms with van der Waals surface area (Å²) < 4.78 is 6.91. The molecule has 0 saturated carbocycles. The maximum atomic E-state index is 12.6. The van der Waals surface area contributed by atoms with Gasteiger partial charge in [-0.1, -0.05) is 30.3 Å². The predicted molar refractivity (Wildman–Crippen MR) is 92.4 cm³/mol. The monoisotopic (exact) mass is 325 g/mol. The summed E-state index contributed by atoms with van der Waals surface area (Å²) in [6, 6.07) is 10.8. The Balaban J connectivity index is 2.48. The zero-order chi connectivity index (χ0) is 17.4. The van der Waals surface area contributed by atoms with E-state index in [1.54, 1.807) is 25.5 Å². The summed E-state index contributed by atoms with van der Waals surface area (Å²) in [7, 11) is 1.76. The van der Waals surface area contributed by atoms with Gasteiger partial charge in [0.15, 0.2) is 0 Å². The maximum absolute atomic E-state index is 12.6. The fourth-order valence-corrected chi connectivity index (χ4v) is 3.08. The van der Waals surface area contributed by atoms with Crippen LogP contribution in [0.3, 0.4) is 0 Å². The lowest BCUT2D eigenvalue weighted by molar-refractivity contribution is 0.0529. The lowest BCUT2D eigenvalue weighted by Crippen LogP contribution is -2.06. The van der Waals surface area contributed by atoms with Gasteiger partial charge in [-0.3, -0.25) is 0 Å². The molecular formula is C19H19NO4. The Labute approximate surface area is 139 Å². The number of fused-ring (bicyclic) bond motifs is 1. The quantitative estimate of drug-likeness (QED) is 0.568. The van der Waals surface area contributed by atoms with E-state index in [0.29, 0.717) is 22.2 Å². The van der Waals surface area contributed by atoms with Crippen LogP contribution in [0, 0.1) is 6.92 Å². The Morgan fingerprint density at radius 2 is 1.88 bits per heavy atom. The Hall–Kier alpha value is -2.95. The van der Waals surface area contributed by atoms with Crippen LogP contribution in [-0.4, -0.2) is 27.4 Å². The number of phenols is 2. The van der Waals surface area contributed by atoms with Crippen molar-refractivity contribution in [3.63, 3.8) is 0 Å². The third-order valence-electron chi connectivity index (χ3n) is 4.13. The van der Waals surface area contributed by atoms with E-state index in [0.717, 1.165) is 5.56 Å². The molecule has 0 saturated heterocycles. The molecule has 2 N–H and O–H groups in total. The average molecular weight is 325 g/mol. The molecule has 0 amide bonds. The molecule has 1 aromatic heterocycles. The van der Waals surface area contributed by atoms with Crippen molar-refractivity contribution < 1.29 is 19.7 Å². The Bertz CT molecular complexity index is 926. The molecule has 0 aliphatic rings. The summed E-state index contributed by atoms with van der Waals surface area (Å²) in [5.74, 6) is -0.542. The van der Waals surface area contributed by atoms with Crippen molar-refractivity contribution in [3.8, 4) is 22.8 Å². The number of esters is 1. The summed E-state index contributed by atoms with van der Waals surface area (Å²) in [5, 5.41) is 21.2. The minimum Gasteiger partial charge on any atom is -0.507 e. The first kappa shape index (κ1) is 15.9. The number of ether oxygens (including phenoxy) is 1. The van der Waals surface area contributed by atoms with Gasteiger partial charge in [-0.05, 0) is 31.0 Å². The van der Waals surface area contributed by atoms with Crippen molar-refractivity contribution in [2.24, 2.45) is 7.05 Å². The van der Waals surface area contributed by atoms with E-state index in [4.69, 9.17) is 4.74 Å². The minimum atomic E-state index is -0.527. The molecule has 5 nitrogen and oxygen atoms in total. The number of carbonyl (C=O) groups is 1. The zero-order valence-corrected chi connectivity index (χ0v) is 13.8. The summed E-state index contributed by atoms with van der Waals surface area (Å²) in [6.45, 7) is 3.66. The highest BCUT2D eigenvalue weighted by molar-refractivity contribution is 6.14. The van der Waals surface area contributed by atoms with Crippen LogP contribution in [0.15, 0.2) is 36.4 Å². The van der Waals surface area contributed by atoms with Crippen LogP contribution in [0.5, 0.6) is 11.5 Å². The molecule has 1 heterocycles. The van der Waals surface area contributed by atoms with Crippen LogP contribution in [0.4, 0.5) is 0 Å². The molecule has 24 heavy (non-hydrogen) atoms. The summed E-state index contributed by atoms with van der Waals surface area (Å²) in [5.41, 5.74) is 2.61. The van der Waals surface area contributed by atoms with Gasteiger partial charge in [0.25, 0.3) is 0 Å². The third kappa shape index (κ3) is 2.29. The van der Waals surface area contributed by atoms with E-state index in [1.807, 2.05) is 30.3 Å². The van der Waals surface area contributed by atoms with Crippen molar-refractivity contribution in [3.05, 3.63) is 47.5 Å². The number of benzene rings is 2. The van der Waals surface area contributed by atoms with Crippen LogP contribution < -0.4 is 0 Å². The first-order valence-corrected chi connectivity index (χ1v) is 7.73. The SMILES string of the molecule is CCOC(=O)c1c(-c2ccccc2)n(C)c2c(O)c(C)cc(O)c12. The third-order valence-corrected chi connectivity index (χ3v) is 4.13. The molecule has 3 aromatic rings. The molecule has 2 aromatic carbocycles. The number of rotatable bonds is 3. The molecule has 5 heteroatoms. The Morgan fingerprint density at radius 3 is 2.50 bits per heavy atom. The van der Waals surface area contributed by atoms with Gasteiger partial charge in [-0.15, -0.1) is 0 Å². The standard InChI is InChI=1S/C19H19NO4/c1-4-24-19(23)15-14-13(21)10-11(2)18(22)17(14)20(3)16(15)12-8-6-5-7-9-12/h5-10,21-22H,4H2,1-3H3. The molecule has 0 atom stereocenters. The first-order chi connectivity index (χ1) is 11.5. The van der Waals surface area contributed by atoms with Crippen LogP contribution in [0.25, 0.3) is 22.2 Å². The van der Waals surface area contributed by atoms with Gasteiger partial charge in [0, 0.05) is 7.05 Å². The number of nitrogens with zero attached hydrogens (tertiary/aromatic N) is 1. The second-order valence-electron chi connectivity index (χ2n) is 5.65. The number of hydrogen-bond acceptors (Lipinski definition) is 4. The minimum absolute atomic E-state index is 0.0398. The number of aromatic nitrogens is 1. The van der Waals surface area contributed by atoms with Crippen LogP contribution in [0.2, 0.25) is 0 Å². The number of carbonyl (C=O) groups excluding carboxylic acids is 1. The van der Waals surface area contributed by atoms with E-state index in [-0.39, 0.29) is 23.7 Å². The lowest BCUT2D eigenvalue weighted by atomic mass is 10.0. The van der Waals surface area contributed by atoms with Crippen LogP contribution >= 0.6 is 0 Å². The molecule has 0 aliphatic carbocycles. The topological polar surface area (TPSA) is 71.7 Å². The second kappa shape index (κ2) is 5.92. The molecule has 3 rings (SSSR count).